The molecule has 0 fully saturated rings. The van der Waals surface area contributed by atoms with Crippen molar-refractivity contribution in [1.82, 2.24) is 14.7 Å². The van der Waals surface area contributed by atoms with Gasteiger partial charge >= 0.3 is 0 Å². The standard InChI is InChI=1S/C32H30ClN3O2/c1-21-18-26(33)13-14-28(21)25-12-16-30-35-32(24-10-7-11-27(19-24)38-3)29(36(30)20-25)15-17-31(37)34-22(2)23-8-5-4-6-9-23/h4-14,16,18-20,22H,15,17H2,1-3H3,(H,34,37)/t22-/m1/s1. The van der Waals surface area contributed by atoms with Crippen molar-refractivity contribution in [3.8, 4) is 28.1 Å². The number of benzene rings is 3. The van der Waals surface area contributed by atoms with Gasteiger partial charge in [0.2, 0.25) is 5.91 Å². The van der Waals surface area contributed by atoms with Crippen molar-refractivity contribution in [3.63, 3.8) is 0 Å². The molecule has 2 aromatic heterocycles. The van der Waals surface area contributed by atoms with Gasteiger partial charge in [-0.2, -0.15) is 0 Å². The second-order valence-corrected chi connectivity index (χ2v) is 9.88. The largest absolute Gasteiger partial charge is 0.497 e. The molecule has 2 heterocycles. The number of amides is 1. The summed E-state index contributed by atoms with van der Waals surface area (Å²) in [6.07, 6.45) is 2.97. The van der Waals surface area contributed by atoms with Gasteiger partial charge in [-0.25, -0.2) is 4.98 Å². The minimum Gasteiger partial charge on any atom is -0.497 e. The van der Waals surface area contributed by atoms with Gasteiger partial charge in [0.25, 0.3) is 0 Å². The summed E-state index contributed by atoms with van der Waals surface area (Å²) >= 11 is 6.20. The van der Waals surface area contributed by atoms with Crippen molar-refractivity contribution < 1.29 is 9.53 Å². The highest BCUT2D eigenvalue weighted by Crippen LogP contribution is 2.31. The molecule has 6 heteroatoms. The number of hydrogen-bond donors (Lipinski definition) is 1. The molecule has 0 saturated heterocycles. The van der Waals surface area contributed by atoms with E-state index < -0.39 is 0 Å². The zero-order valence-electron chi connectivity index (χ0n) is 21.7. The highest BCUT2D eigenvalue weighted by molar-refractivity contribution is 6.30. The molecule has 5 rings (SSSR count). The van der Waals surface area contributed by atoms with Crippen LogP contribution in [-0.2, 0) is 11.2 Å². The van der Waals surface area contributed by atoms with Crippen LogP contribution in [-0.4, -0.2) is 22.4 Å². The maximum absolute atomic E-state index is 13.0. The summed E-state index contributed by atoms with van der Waals surface area (Å²) in [5, 5.41) is 3.85. The van der Waals surface area contributed by atoms with Crippen molar-refractivity contribution >= 4 is 23.2 Å². The molecule has 5 aromatic rings. The van der Waals surface area contributed by atoms with Crippen LogP contribution in [0.5, 0.6) is 5.75 Å². The minimum atomic E-state index is -0.0665. The van der Waals surface area contributed by atoms with Crippen LogP contribution < -0.4 is 10.1 Å². The first-order chi connectivity index (χ1) is 18.4. The molecule has 0 saturated carbocycles. The number of nitrogens with one attached hydrogen (secondary N) is 1. The zero-order valence-corrected chi connectivity index (χ0v) is 22.5. The SMILES string of the molecule is COc1cccc(-c2nc3ccc(-c4ccc(Cl)cc4C)cn3c2CCC(=O)N[C@H](C)c2ccccc2)c1. The number of carbonyl (C=O) groups excluding carboxylic acids is 1. The summed E-state index contributed by atoms with van der Waals surface area (Å²) in [5.74, 6) is 0.759. The molecule has 38 heavy (non-hydrogen) atoms. The Morgan fingerprint density at radius 3 is 2.58 bits per heavy atom. The summed E-state index contributed by atoms with van der Waals surface area (Å²) in [4.78, 5) is 18.0. The van der Waals surface area contributed by atoms with Gasteiger partial charge < -0.3 is 14.5 Å². The molecule has 1 atom stereocenters. The Kier molecular flexibility index (Phi) is 7.47. The fourth-order valence-corrected chi connectivity index (χ4v) is 5.04. The van der Waals surface area contributed by atoms with Gasteiger partial charge in [-0.15, -0.1) is 0 Å². The third kappa shape index (κ3) is 5.43. The second kappa shape index (κ2) is 11.1. The van der Waals surface area contributed by atoms with Crippen molar-refractivity contribution in [2.24, 2.45) is 0 Å². The fraction of sp³-hybridized carbons (Fsp3) is 0.188. The lowest BCUT2D eigenvalue weighted by atomic mass is 10.0. The molecule has 0 aliphatic rings. The van der Waals surface area contributed by atoms with Gasteiger partial charge in [-0.1, -0.05) is 60.1 Å². The molecule has 0 spiro atoms. The molecule has 0 radical (unpaired) electrons. The van der Waals surface area contributed by atoms with Crippen LogP contribution in [0.3, 0.4) is 0 Å². The number of hydrogen-bond acceptors (Lipinski definition) is 3. The number of rotatable bonds is 8. The van der Waals surface area contributed by atoms with Crippen molar-refractivity contribution in [2.75, 3.05) is 7.11 Å². The lowest BCUT2D eigenvalue weighted by Gasteiger charge is -2.14. The molecule has 0 unspecified atom stereocenters. The zero-order chi connectivity index (χ0) is 26.6. The molecule has 5 nitrogen and oxygen atoms in total. The van der Waals surface area contributed by atoms with Crippen molar-refractivity contribution in [3.05, 3.63) is 113 Å². The normalized spacial score (nSPS) is 11.9. The third-order valence-corrected chi connectivity index (χ3v) is 7.06. The van der Waals surface area contributed by atoms with E-state index in [-0.39, 0.29) is 11.9 Å². The van der Waals surface area contributed by atoms with Crippen molar-refractivity contribution in [1.29, 1.82) is 0 Å². The van der Waals surface area contributed by atoms with E-state index >= 15 is 0 Å². The number of pyridine rings is 1. The highest BCUT2D eigenvalue weighted by atomic mass is 35.5. The number of ether oxygens (including phenoxy) is 1. The number of aryl methyl sites for hydroxylation is 2. The van der Waals surface area contributed by atoms with Crippen LogP contribution in [0.15, 0.2) is 91.1 Å². The van der Waals surface area contributed by atoms with Gasteiger partial charge in [0.1, 0.15) is 11.4 Å². The quantitative estimate of drug-likeness (QED) is 0.230. The molecular weight excluding hydrogens is 494 g/mol. The summed E-state index contributed by atoms with van der Waals surface area (Å²) in [6, 6.07) is 27.8. The molecule has 192 valence electrons. The van der Waals surface area contributed by atoms with Crippen LogP contribution in [0.2, 0.25) is 5.02 Å². The van der Waals surface area contributed by atoms with Crippen LogP contribution >= 0.6 is 11.6 Å². The fourth-order valence-electron chi connectivity index (χ4n) is 4.81. The number of imidazole rings is 1. The van der Waals surface area contributed by atoms with Crippen LogP contribution in [0.1, 0.15) is 36.2 Å². The second-order valence-electron chi connectivity index (χ2n) is 9.44. The average molecular weight is 524 g/mol. The third-order valence-electron chi connectivity index (χ3n) is 6.83. The first-order valence-corrected chi connectivity index (χ1v) is 13.1. The number of methoxy groups -OCH3 is 1. The van der Waals surface area contributed by atoms with Crippen LogP contribution in [0, 0.1) is 6.92 Å². The minimum absolute atomic E-state index is 0.00223. The summed E-state index contributed by atoms with van der Waals surface area (Å²) in [6.45, 7) is 4.06. The van der Waals surface area contributed by atoms with Crippen LogP contribution in [0.25, 0.3) is 28.0 Å². The number of fused-ring (bicyclic) bond motifs is 1. The molecule has 1 amide bonds. The monoisotopic (exact) mass is 523 g/mol. The van der Waals surface area contributed by atoms with Crippen LogP contribution in [0.4, 0.5) is 0 Å². The predicted octanol–water partition coefficient (Wildman–Crippen LogP) is 7.45. The summed E-state index contributed by atoms with van der Waals surface area (Å²) in [5.41, 5.74) is 7.94. The number of halogens is 1. The predicted molar refractivity (Wildman–Crippen MR) is 154 cm³/mol. The van der Waals surface area contributed by atoms with E-state index in [1.165, 1.54) is 0 Å². The Hall–Kier alpha value is -4.09. The average Bonchev–Trinajstić information content (AvgIpc) is 3.30. The lowest BCUT2D eigenvalue weighted by molar-refractivity contribution is -0.121. The van der Waals surface area contributed by atoms with E-state index in [1.54, 1.807) is 7.11 Å². The Balaban J connectivity index is 1.51. The van der Waals surface area contributed by atoms with Gasteiger partial charge in [0.15, 0.2) is 0 Å². The Labute approximate surface area is 228 Å². The lowest BCUT2D eigenvalue weighted by Crippen LogP contribution is -2.26. The van der Waals surface area contributed by atoms with Gasteiger partial charge in [-0.3, -0.25) is 4.79 Å². The van der Waals surface area contributed by atoms with Gasteiger partial charge in [0, 0.05) is 23.2 Å². The van der Waals surface area contributed by atoms with E-state index in [0.717, 1.165) is 50.6 Å². The van der Waals surface area contributed by atoms with E-state index in [9.17, 15) is 4.79 Å². The molecule has 1 N–H and O–H groups in total. The summed E-state index contributed by atoms with van der Waals surface area (Å²) in [7, 11) is 1.66. The molecular formula is C32H30ClN3O2. The molecule has 0 aliphatic carbocycles. The topological polar surface area (TPSA) is 55.6 Å². The Bertz CT molecular complexity index is 1590. The molecule has 0 aliphatic heterocycles. The summed E-state index contributed by atoms with van der Waals surface area (Å²) < 4.78 is 7.57. The van der Waals surface area contributed by atoms with E-state index in [2.05, 4.69) is 28.9 Å². The molecule has 3 aromatic carbocycles. The van der Waals surface area contributed by atoms with E-state index in [4.69, 9.17) is 21.3 Å². The van der Waals surface area contributed by atoms with Gasteiger partial charge in [0.05, 0.1) is 24.5 Å². The highest BCUT2D eigenvalue weighted by Gasteiger charge is 2.18. The molecule has 0 bridgehead atoms. The first kappa shape index (κ1) is 25.6. The number of aromatic nitrogens is 2. The maximum Gasteiger partial charge on any atom is 0.220 e. The number of nitrogens with zero attached hydrogens (tertiary/aromatic N) is 2. The Morgan fingerprint density at radius 2 is 1.82 bits per heavy atom. The maximum atomic E-state index is 13.0. The Morgan fingerprint density at radius 1 is 1.00 bits per heavy atom. The first-order valence-electron chi connectivity index (χ1n) is 12.7. The van der Waals surface area contributed by atoms with Crippen molar-refractivity contribution in [2.45, 2.75) is 32.7 Å². The van der Waals surface area contributed by atoms with E-state index in [0.29, 0.717) is 17.9 Å². The van der Waals surface area contributed by atoms with E-state index in [1.807, 2.05) is 85.8 Å². The van der Waals surface area contributed by atoms with Gasteiger partial charge in [-0.05, 0) is 78.9 Å². The number of carbonyl (C=O) groups is 1. The smallest absolute Gasteiger partial charge is 0.220 e.